The van der Waals surface area contributed by atoms with Crippen LogP contribution in [-0.4, -0.2) is 26.3 Å². The Hall–Kier alpha value is -2.94. The Labute approximate surface area is 175 Å². The van der Waals surface area contributed by atoms with E-state index in [0.29, 0.717) is 23.4 Å². The average molecular weight is 432 g/mol. The molecule has 3 aromatic rings. The number of carbonyl (C=O) groups excluding carboxylic acids is 1. The molecule has 1 N–H and O–H groups in total. The lowest BCUT2D eigenvalue weighted by Crippen LogP contribution is -2.42. The second kappa shape index (κ2) is 7.39. The Morgan fingerprint density at radius 1 is 1.13 bits per heavy atom. The van der Waals surface area contributed by atoms with Crippen molar-refractivity contribution < 1.29 is 18.0 Å². The summed E-state index contributed by atoms with van der Waals surface area (Å²) in [7, 11) is 1.78. The topological polar surface area (TPSA) is 50.2 Å². The fourth-order valence-corrected chi connectivity index (χ4v) is 4.23. The second-order valence-electron chi connectivity index (χ2n) is 6.93. The minimum Gasteiger partial charge on any atom is -0.327 e. The van der Waals surface area contributed by atoms with Crippen LogP contribution < -0.4 is 5.43 Å². The molecular weight excluding hydrogens is 413 g/mol. The highest BCUT2D eigenvalue weighted by molar-refractivity contribution is 8.17. The van der Waals surface area contributed by atoms with E-state index in [9.17, 15) is 18.0 Å². The SMILES string of the molecule is CCN1NC(c2ccc3c(c2)nc(-c2cccc(C(F)(F)F)c2)n3C)=C(C)SC1=O. The van der Waals surface area contributed by atoms with E-state index in [4.69, 9.17) is 0 Å². The first-order valence-electron chi connectivity index (χ1n) is 9.30. The molecule has 156 valence electrons. The van der Waals surface area contributed by atoms with E-state index in [-0.39, 0.29) is 5.24 Å². The number of hydrazine groups is 1. The molecule has 30 heavy (non-hydrogen) atoms. The average Bonchev–Trinajstić information content (AvgIpc) is 3.03. The Morgan fingerprint density at radius 3 is 2.60 bits per heavy atom. The first-order chi connectivity index (χ1) is 14.2. The van der Waals surface area contributed by atoms with Crippen LogP contribution in [0, 0.1) is 0 Å². The number of nitrogens with zero attached hydrogens (tertiary/aromatic N) is 3. The largest absolute Gasteiger partial charge is 0.416 e. The van der Waals surface area contributed by atoms with Crippen LogP contribution in [0.5, 0.6) is 0 Å². The minimum absolute atomic E-state index is 0.0653. The fourth-order valence-electron chi connectivity index (χ4n) is 3.42. The highest BCUT2D eigenvalue weighted by Crippen LogP contribution is 2.35. The van der Waals surface area contributed by atoms with Crippen molar-refractivity contribution in [3.8, 4) is 11.4 Å². The molecule has 0 atom stereocenters. The summed E-state index contributed by atoms with van der Waals surface area (Å²) in [5.74, 6) is 0.454. The molecule has 4 rings (SSSR count). The van der Waals surface area contributed by atoms with Gasteiger partial charge in [-0.05, 0) is 49.9 Å². The summed E-state index contributed by atoms with van der Waals surface area (Å²) in [4.78, 5) is 17.5. The number of thioether (sulfide) groups is 1. The monoisotopic (exact) mass is 432 g/mol. The standard InChI is InChI=1S/C21H19F3N4OS/c1-4-28-20(29)30-12(2)18(26-28)13-8-9-17-16(11-13)25-19(27(17)3)14-6-5-7-15(10-14)21(22,23)24/h5-11,26H,4H2,1-3H3. The van der Waals surface area contributed by atoms with Crippen molar-refractivity contribution in [3.05, 3.63) is 58.5 Å². The molecule has 2 aromatic carbocycles. The number of carbonyl (C=O) groups is 1. The van der Waals surface area contributed by atoms with Crippen molar-refractivity contribution in [3.63, 3.8) is 0 Å². The summed E-state index contributed by atoms with van der Waals surface area (Å²) < 4.78 is 41.1. The smallest absolute Gasteiger partial charge is 0.327 e. The maximum absolute atomic E-state index is 13.1. The van der Waals surface area contributed by atoms with Crippen molar-refractivity contribution in [1.29, 1.82) is 0 Å². The number of alkyl halides is 3. The first kappa shape index (κ1) is 20.3. The fraction of sp³-hybridized carbons (Fsp3) is 0.238. The van der Waals surface area contributed by atoms with Crippen molar-refractivity contribution in [2.75, 3.05) is 6.54 Å². The van der Waals surface area contributed by atoms with E-state index in [1.54, 1.807) is 17.7 Å². The van der Waals surface area contributed by atoms with Gasteiger partial charge < -0.3 is 4.57 Å². The van der Waals surface area contributed by atoms with Gasteiger partial charge >= 0.3 is 11.4 Å². The zero-order valence-corrected chi connectivity index (χ0v) is 17.4. The lowest BCUT2D eigenvalue weighted by molar-refractivity contribution is -0.137. The Morgan fingerprint density at radius 2 is 1.90 bits per heavy atom. The third-order valence-electron chi connectivity index (χ3n) is 4.99. The number of halogens is 3. The van der Waals surface area contributed by atoms with Gasteiger partial charge in [-0.2, -0.15) is 13.2 Å². The van der Waals surface area contributed by atoms with Crippen molar-refractivity contribution in [2.24, 2.45) is 7.05 Å². The maximum Gasteiger partial charge on any atom is 0.416 e. The molecule has 0 fully saturated rings. The Kier molecular flexibility index (Phi) is 5.01. The van der Waals surface area contributed by atoms with Gasteiger partial charge in [-0.25, -0.2) is 9.99 Å². The number of amides is 1. The summed E-state index contributed by atoms with van der Waals surface area (Å²) in [6.07, 6.45) is -4.41. The molecule has 2 heterocycles. The number of allylic oxidation sites excluding steroid dienone is 1. The molecule has 0 unspecified atom stereocenters. The van der Waals surface area contributed by atoms with Crippen LogP contribution in [-0.2, 0) is 13.2 Å². The lowest BCUT2D eigenvalue weighted by atomic mass is 10.1. The van der Waals surface area contributed by atoms with Gasteiger partial charge in [-0.1, -0.05) is 18.2 Å². The number of fused-ring (bicyclic) bond motifs is 1. The van der Waals surface area contributed by atoms with Crippen LogP contribution in [0.15, 0.2) is 47.4 Å². The lowest BCUT2D eigenvalue weighted by Gasteiger charge is -2.29. The number of rotatable bonds is 3. The quantitative estimate of drug-likeness (QED) is 0.582. The van der Waals surface area contributed by atoms with Gasteiger partial charge in [0.1, 0.15) is 5.82 Å². The normalized spacial score (nSPS) is 15.1. The van der Waals surface area contributed by atoms with Gasteiger partial charge in [0, 0.05) is 29.6 Å². The van der Waals surface area contributed by atoms with Crippen LogP contribution >= 0.6 is 11.8 Å². The third-order valence-corrected chi connectivity index (χ3v) is 5.90. The highest BCUT2D eigenvalue weighted by atomic mass is 32.2. The van der Waals surface area contributed by atoms with E-state index in [1.165, 1.54) is 11.1 Å². The predicted molar refractivity (Wildman–Crippen MR) is 112 cm³/mol. The van der Waals surface area contributed by atoms with E-state index in [1.807, 2.05) is 32.0 Å². The Balaban J connectivity index is 1.78. The van der Waals surface area contributed by atoms with Crippen LogP contribution in [0.2, 0.25) is 0 Å². The van der Waals surface area contributed by atoms with E-state index < -0.39 is 11.7 Å². The van der Waals surface area contributed by atoms with Crippen molar-refractivity contribution >= 4 is 33.7 Å². The van der Waals surface area contributed by atoms with Crippen molar-refractivity contribution in [2.45, 2.75) is 20.0 Å². The van der Waals surface area contributed by atoms with Gasteiger partial charge in [0.25, 0.3) is 0 Å². The molecule has 1 amide bonds. The molecule has 1 aliphatic rings. The maximum atomic E-state index is 13.1. The molecule has 5 nitrogen and oxygen atoms in total. The molecule has 1 aromatic heterocycles. The summed E-state index contributed by atoms with van der Waals surface area (Å²) in [6.45, 7) is 4.27. The molecule has 0 spiro atoms. The van der Waals surface area contributed by atoms with Crippen LogP contribution in [0.25, 0.3) is 28.1 Å². The van der Waals surface area contributed by atoms with Gasteiger partial charge in [-0.15, -0.1) is 0 Å². The number of imidazole rings is 1. The van der Waals surface area contributed by atoms with Gasteiger partial charge in [0.05, 0.1) is 22.3 Å². The van der Waals surface area contributed by atoms with Crippen LogP contribution in [0.1, 0.15) is 25.0 Å². The summed E-state index contributed by atoms with van der Waals surface area (Å²) >= 11 is 1.16. The van der Waals surface area contributed by atoms with E-state index >= 15 is 0 Å². The van der Waals surface area contributed by atoms with Crippen molar-refractivity contribution in [1.82, 2.24) is 20.0 Å². The molecule has 0 saturated heterocycles. The van der Waals surface area contributed by atoms with E-state index in [0.717, 1.165) is 45.6 Å². The van der Waals surface area contributed by atoms with Gasteiger partial charge in [0.2, 0.25) is 0 Å². The first-order valence-corrected chi connectivity index (χ1v) is 10.1. The molecule has 9 heteroatoms. The number of aromatic nitrogens is 2. The van der Waals surface area contributed by atoms with Gasteiger partial charge in [0.15, 0.2) is 0 Å². The number of nitrogens with one attached hydrogen (secondary N) is 1. The zero-order chi connectivity index (χ0) is 21.6. The van der Waals surface area contributed by atoms with Gasteiger partial charge in [-0.3, -0.25) is 10.2 Å². The second-order valence-corrected chi connectivity index (χ2v) is 8.10. The third kappa shape index (κ3) is 3.54. The minimum atomic E-state index is -4.41. The molecule has 0 saturated carbocycles. The summed E-state index contributed by atoms with van der Waals surface area (Å²) in [6, 6.07) is 10.8. The number of hydrogen-bond donors (Lipinski definition) is 1. The zero-order valence-electron chi connectivity index (χ0n) is 16.5. The Bertz CT molecular complexity index is 1180. The molecular formula is C21H19F3N4OS. The predicted octanol–water partition coefficient (Wildman–Crippen LogP) is 5.64. The number of aryl methyl sites for hydroxylation is 1. The molecule has 0 radical (unpaired) electrons. The van der Waals surface area contributed by atoms with Crippen LogP contribution in [0.4, 0.5) is 18.0 Å². The summed E-state index contributed by atoms with van der Waals surface area (Å²) in [5, 5.41) is 1.47. The number of benzene rings is 2. The highest BCUT2D eigenvalue weighted by Gasteiger charge is 2.31. The molecule has 0 bridgehead atoms. The molecule has 0 aliphatic carbocycles. The number of hydrogen-bond acceptors (Lipinski definition) is 4. The summed E-state index contributed by atoms with van der Waals surface area (Å²) in [5.41, 5.74) is 5.97. The van der Waals surface area contributed by atoms with E-state index in [2.05, 4.69) is 10.4 Å². The molecule has 1 aliphatic heterocycles. The van der Waals surface area contributed by atoms with Crippen LogP contribution in [0.3, 0.4) is 0 Å².